The van der Waals surface area contributed by atoms with Gasteiger partial charge in [0.25, 0.3) is 0 Å². The minimum atomic E-state index is 0.132. The molecule has 2 nitrogen and oxygen atoms in total. The van der Waals surface area contributed by atoms with Gasteiger partial charge >= 0.3 is 0 Å². The van der Waals surface area contributed by atoms with Crippen molar-refractivity contribution < 1.29 is 9.84 Å². The molecule has 1 aliphatic rings. The highest BCUT2D eigenvalue weighted by Crippen LogP contribution is 2.40. The van der Waals surface area contributed by atoms with Crippen molar-refractivity contribution in [1.82, 2.24) is 0 Å². The van der Waals surface area contributed by atoms with E-state index < -0.39 is 0 Å². The fourth-order valence-electron chi connectivity index (χ4n) is 1.87. The molecule has 0 spiro atoms. The van der Waals surface area contributed by atoms with Crippen molar-refractivity contribution in [2.45, 2.75) is 18.8 Å². The third-order valence-corrected chi connectivity index (χ3v) is 3.95. The molecule has 0 aromatic carbocycles. The number of aliphatic hydroxyl groups excluding tert-OH is 1. The van der Waals surface area contributed by atoms with Crippen LogP contribution in [0, 0.1) is 6.92 Å². The first-order valence-corrected chi connectivity index (χ1v) is 5.40. The summed E-state index contributed by atoms with van der Waals surface area (Å²) in [7, 11) is 0. The van der Waals surface area contributed by atoms with Crippen molar-refractivity contribution in [2.75, 3.05) is 19.8 Å². The van der Waals surface area contributed by atoms with E-state index in [-0.39, 0.29) is 12.0 Å². The number of thiophene rings is 1. The summed E-state index contributed by atoms with van der Waals surface area (Å²) in [6.45, 7) is 3.92. The Kier molecular flexibility index (Phi) is 2.41. The first-order chi connectivity index (χ1) is 6.28. The van der Waals surface area contributed by atoms with Gasteiger partial charge in [-0.2, -0.15) is 0 Å². The van der Waals surface area contributed by atoms with Gasteiger partial charge in [0.05, 0.1) is 18.6 Å². The van der Waals surface area contributed by atoms with Crippen molar-refractivity contribution in [2.24, 2.45) is 0 Å². The Balaban J connectivity index is 2.26. The lowest BCUT2D eigenvalue weighted by Gasteiger charge is -2.41. The molecule has 1 saturated heterocycles. The second kappa shape index (κ2) is 3.40. The van der Waals surface area contributed by atoms with E-state index in [1.807, 2.05) is 0 Å². The van der Waals surface area contributed by atoms with E-state index in [2.05, 4.69) is 18.4 Å². The predicted molar refractivity (Wildman–Crippen MR) is 53.3 cm³/mol. The van der Waals surface area contributed by atoms with E-state index in [1.54, 1.807) is 11.3 Å². The summed E-state index contributed by atoms with van der Waals surface area (Å²) in [4.78, 5) is 1.40. The highest BCUT2D eigenvalue weighted by Gasteiger charge is 2.41. The molecule has 3 heteroatoms. The molecule has 0 atom stereocenters. The monoisotopic (exact) mass is 198 g/mol. The summed E-state index contributed by atoms with van der Waals surface area (Å²) in [5.74, 6) is 0. The molecule has 0 bridgehead atoms. The zero-order valence-corrected chi connectivity index (χ0v) is 8.56. The van der Waals surface area contributed by atoms with E-state index in [1.165, 1.54) is 10.4 Å². The van der Waals surface area contributed by atoms with Crippen molar-refractivity contribution >= 4 is 11.3 Å². The van der Waals surface area contributed by atoms with Crippen LogP contribution in [0.2, 0.25) is 0 Å². The number of aryl methyl sites for hydroxylation is 1. The highest BCUT2D eigenvalue weighted by molar-refractivity contribution is 7.10. The molecule has 1 N–H and O–H groups in total. The summed E-state index contributed by atoms with van der Waals surface area (Å²) in [6.07, 6.45) is 0.828. The van der Waals surface area contributed by atoms with E-state index >= 15 is 0 Å². The number of hydrogen-bond acceptors (Lipinski definition) is 3. The molecular weight excluding hydrogens is 184 g/mol. The lowest BCUT2D eigenvalue weighted by molar-refractivity contribution is -0.0685. The molecular formula is C10H14O2S. The number of rotatable bonds is 3. The van der Waals surface area contributed by atoms with Crippen LogP contribution in [0.4, 0.5) is 0 Å². The largest absolute Gasteiger partial charge is 0.396 e. The Morgan fingerprint density at radius 1 is 1.62 bits per heavy atom. The van der Waals surface area contributed by atoms with Gasteiger partial charge in [-0.25, -0.2) is 0 Å². The lowest BCUT2D eigenvalue weighted by atomic mass is 9.80. The lowest BCUT2D eigenvalue weighted by Crippen LogP contribution is -2.47. The van der Waals surface area contributed by atoms with Crippen LogP contribution in [-0.2, 0) is 10.2 Å². The van der Waals surface area contributed by atoms with E-state index in [0.717, 1.165) is 19.6 Å². The molecule has 0 unspecified atom stereocenters. The zero-order valence-electron chi connectivity index (χ0n) is 7.75. The minimum absolute atomic E-state index is 0.132. The molecule has 0 radical (unpaired) electrons. The van der Waals surface area contributed by atoms with Crippen molar-refractivity contribution in [1.29, 1.82) is 0 Å². The first-order valence-electron chi connectivity index (χ1n) is 4.52. The van der Waals surface area contributed by atoms with Gasteiger partial charge in [0.15, 0.2) is 0 Å². The smallest absolute Gasteiger partial charge is 0.0594 e. The van der Waals surface area contributed by atoms with Crippen LogP contribution in [0.5, 0.6) is 0 Å². The Morgan fingerprint density at radius 2 is 2.38 bits per heavy atom. The zero-order chi connectivity index (χ0) is 9.31. The van der Waals surface area contributed by atoms with Gasteiger partial charge in [-0.15, -0.1) is 11.3 Å². The first kappa shape index (κ1) is 9.19. The fraction of sp³-hybridized carbons (Fsp3) is 0.600. The van der Waals surface area contributed by atoms with E-state index in [0.29, 0.717) is 0 Å². The third-order valence-electron chi connectivity index (χ3n) is 2.69. The predicted octanol–water partition coefficient (Wildman–Crippen LogP) is 1.71. The Bertz CT molecular complexity index is 289. The standard InChI is InChI=1S/C10H14O2S/c1-8-2-5-13-9(8)10(3-4-11)6-12-7-10/h2,5,11H,3-4,6-7H2,1H3. The minimum Gasteiger partial charge on any atom is -0.396 e. The van der Waals surface area contributed by atoms with Crippen LogP contribution in [0.15, 0.2) is 11.4 Å². The average Bonchev–Trinajstić information content (AvgIpc) is 2.44. The maximum Gasteiger partial charge on any atom is 0.0594 e. The third kappa shape index (κ3) is 1.41. The molecule has 1 fully saturated rings. The number of ether oxygens (including phenoxy) is 1. The van der Waals surface area contributed by atoms with Crippen LogP contribution in [0.25, 0.3) is 0 Å². The van der Waals surface area contributed by atoms with Gasteiger partial charge in [0.2, 0.25) is 0 Å². The van der Waals surface area contributed by atoms with Crippen LogP contribution in [-0.4, -0.2) is 24.9 Å². The summed E-state index contributed by atoms with van der Waals surface area (Å²) in [6, 6.07) is 2.14. The van der Waals surface area contributed by atoms with Gasteiger partial charge in [-0.05, 0) is 30.4 Å². The van der Waals surface area contributed by atoms with Crippen molar-refractivity contribution in [3.63, 3.8) is 0 Å². The number of hydrogen-bond donors (Lipinski definition) is 1. The molecule has 0 amide bonds. The molecule has 1 aromatic rings. The highest BCUT2D eigenvalue weighted by atomic mass is 32.1. The van der Waals surface area contributed by atoms with Crippen LogP contribution < -0.4 is 0 Å². The Morgan fingerprint density at radius 3 is 2.77 bits per heavy atom. The second-order valence-corrected chi connectivity index (χ2v) is 4.60. The van der Waals surface area contributed by atoms with Gasteiger partial charge < -0.3 is 9.84 Å². The van der Waals surface area contributed by atoms with Crippen molar-refractivity contribution in [3.8, 4) is 0 Å². The number of aliphatic hydroxyl groups is 1. The maximum atomic E-state index is 9.01. The summed E-state index contributed by atoms with van der Waals surface area (Å²) in [5.41, 5.74) is 1.47. The molecule has 72 valence electrons. The van der Waals surface area contributed by atoms with Crippen molar-refractivity contribution in [3.05, 3.63) is 21.9 Å². The fourth-order valence-corrected chi connectivity index (χ4v) is 3.00. The molecule has 2 rings (SSSR count). The molecule has 0 aliphatic carbocycles. The molecule has 13 heavy (non-hydrogen) atoms. The van der Waals surface area contributed by atoms with E-state index in [4.69, 9.17) is 9.84 Å². The van der Waals surface area contributed by atoms with Gasteiger partial charge in [-0.3, -0.25) is 0 Å². The SMILES string of the molecule is Cc1ccsc1C1(CCO)COC1. The summed E-state index contributed by atoms with van der Waals surface area (Å²) < 4.78 is 5.27. The quantitative estimate of drug-likeness (QED) is 0.801. The molecule has 0 saturated carbocycles. The summed E-state index contributed by atoms with van der Waals surface area (Å²) >= 11 is 1.78. The Hall–Kier alpha value is -0.380. The van der Waals surface area contributed by atoms with Gasteiger partial charge in [0.1, 0.15) is 0 Å². The van der Waals surface area contributed by atoms with E-state index in [9.17, 15) is 0 Å². The van der Waals surface area contributed by atoms with Crippen LogP contribution in [0.3, 0.4) is 0 Å². The molecule has 1 aliphatic heterocycles. The Labute approximate surface area is 82.2 Å². The molecule has 2 heterocycles. The normalized spacial score (nSPS) is 19.8. The van der Waals surface area contributed by atoms with Crippen LogP contribution >= 0.6 is 11.3 Å². The topological polar surface area (TPSA) is 29.5 Å². The molecule has 1 aromatic heterocycles. The van der Waals surface area contributed by atoms with Gasteiger partial charge in [-0.1, -0.05) is 0 Å². The average molecular weight is 198 g/mol. The summed E-state index contributed by atoms with van der Waals surface area (Å²) in [5, 5.41) is 11.1. The second-order valence-electron chi connectivity index (χ2n) is 3.68. The van der Waals surface area contributed by atoms with Gasteiger partial charge in [0, 0.05) is 11.5 Å². The maximum absolute atomic E-state index is 9.01. The van der Waals surface area contributed by atoms with Crippen LogP contribution in [0.1, 0.15) is 16.9 Å².